The molecule has 1 fully saturated rings. The highest BCUT2D eigenvalue weighted by Gasteiger charge is 2.06. The van der Waals surface area contributed by atoms with Crippen molar-refractivity contribution in [1.29, 1.82) is 0 Å². The van der Waals surface area contributed by atoms with E-state index in [0.717, 1.165) is 25.5 Å². The fraction of sp³-hybridized carbons (Fsp3) is 1.00. The van der Waals surface area contributed by atoms with Crippen molar-refractivity contribution >= 4 is 8.07 Å². The molecule has 0 atom stereocenters. The van der Waals surface area contributed by atoms with Crippen LogP contribution in [0.1, 0.15) is 0 Å². The van der Waals surface area contributed by atoms with Crippen LogP contribution in [0.4, 0.5) is 0 Å². The zero-order valence-electron chi connectivity index (χ0n) is 4.26. The van der Waals surface area contributed by atoms with Crippen LogP contribution in [0.5, 0.6) is 0 Å². The second-order valence-electron chi connectivity index (χ2n) is 1.65. The van der Waals surface area contributed by atoms with Gasteiger partial charge in [0.2, 0.25) is 0 Å². The van der Waals surface area contributed by atoms with Crippen LogP contribution >= 0.6 is 8.07 Å². The molecule has 0 amide bonds. The zero-order valence-corrected chi connectivity index (χ0v) is 5.16. The Balaban J connectivity index is 2.12. The van der Waals surface area contributed by atoms with Gasteiger partial charge in [0.15, 0.2) is 0 Å². The number of hydrogen-bond acceptors (Lipinski definition) is 2. The third-order valence-electron chi connectivity index (χ3n) is 1.05. The van der Waals surface area contributed by atoms with E-state index in [2.05, 4.69) is 0 Å². The lowest BCUT2D eigenvalue weighted by molar-refractivity contribution is 0.158. The molecule has 0 aliphatic carbocycles. The van der Waals surface area contributed by atoms with E-state index in [1.54, 1.807) is 0 Å². The first-order valence-corrected chi connectivity index (χ1v) is 4.25. The standard InChI is InChI=1S/C4H10NOP/c5-7-3-1-6-2-4-7/h1-5H2. The first-order valence-electron chi connectivity index (χ1n) is 2.47. The predicted octanol–water partition coefficient (Wildman–Crippen LogP) is 0.372. The molecule has 0 radical (unpaired) electrons. The molecule has 2 N–H and O–H groups in total. The molecule has 42 valence electrons. The molecule has 0 saturated carbocycles. The van der Waals surface area contributed by atoms with Gasteiger partial charge < -0.3 is 10.2 Å². The lowest BCUT2D eigenvalue weighted by Gasteiger charge is -2.16. The van der Waals surface area contributed by atoms with Gasteiger partial charge in [-0.1, -0.05) is 0 Å². The molecule has 0 spiro atoms. The van der Waals surface area contributed by atoms with E-state index in [-0.39, 0.29) is 8.07 Å². The Kier molecular flexibility index (Phi) is 2.04. The van der Waals surface area contributed by atoms with Crippen molar-refractivity contribution in [3.05, 3.63) is 0 Å². The Bertz CT molecular complexity index is 53.7. The largest absolute Gasteiger partial charge is 0.381 e. The summed E-state index contributed by atoms with van der Waals surface area (Å²) in [6.07, 6.45) is 2.21. The van der Waals surface area contributed by atoms with Gasteiger partial charge in [-0.15, -0.1) is 0 Å². The Hall–Kier alpha value is 0.350. The van der Waals surface area contributed by atoms with Crippen molar-refractivity contribution in [3.63, 3.8) is 0 Å². The minimum atomic E-state index is -0.117. The van der Waals surface area contributed by atoms with E-state index in [9.17, 15) is 0 Å². The average Bonchev–Trinajstić information content (AvgIpc) is 1.69. The van der Waals surface area contributed by atoms with Crippen LogP contribution in [0, 0.1) is 0 Å². The van der Waals surface area contributed by atoms with Gasteiger partial charge in [-0.3, -0.25) is 0 Å². The van der Waals surface area contributed by atoms with Gasteiger partial charge in [0, 0.05) is 12.3 Å². The molecule has 0 aromatic carbocycles. The Morgan fingerprint density at radius 2 is 1.86 bits per heavy atom. The van der Waals surface area contributed by atoms with E-state index in [1.807, 2.05) is 0 Å². The minimum absolute atomic E-state index is 0.117. The van der Waals surface area contributed by atoms with Gasteiger partial charge in [0.05, 0.1) is 13.2 Å². The van der Waals surface area contributed by atoms with Crippen molar-refractivity contribution in [1.82, 2.24) is 0 Å². The Morgan fingerprint density at radius 1 is 1.29 bits per heavy atom. The molecule has 1 aliphatic rings. The van der Waals surface area contributed by atoms with Crippen molar-refractivity contribution in [3.8, 4) is 0 Å². The fourth-order valence-corrected chi connectivity index (χ4v) is 1.53. The topological polar surface area (TPSA) is 35.2 Å². The van der Waals surface area contributed by atoms with E-state index in [0.29, 0.717) is 0 Å². The Labute approximate surface area is 44.8 Å². The molecule has 7 heavy (non-hydrogen) atoms. The highest BCUT2D eigenvalue weighted by Crippen LogP contribution is 2.26. The maximum absolute atomic E-state index is 5.62. The lowest BCUT2D eigenvalue weighted by atomic mass is 10.8. The highest BCUT2D eigenvalue weighted by atomic mass is 31.1. The van der Waals surface area contributed by atoms with Crippen LogP contribution < -0.4 is 5.50 Å². The molecule has 0 unspecified atom stereocenters. The quantitative estimate of drug-likeness (QED) is 0.467. The van der Waals surface area contributed by atoms with Crippen molar-refractivity contribution in [2.75, 3.05) is 25.5 Å². The summed E-state index contributed by atoms with van der Waals surface area (Å²) < 4.78 is 5.08. The number of hydrogen-bond donors (Lipinski definition) is 1. The molecule has 0 aromatic rings. The summed E-state index contributed by atoms with van der Waals surface area (Å²) in [4.78, 5) is 0. The van der Waals surface area contributed by atoms with Crippen LogP contribution in [0.15, 0.2) is 0 Å². The molecule has 1 rings (SSSR count). The van der Waals surface area contributed by atoms with Gasteiger partial charge in [0.1, 0.15) is 0 Å². The maximum atomic E-state index is 5.62. The second kappa shape index (κ2) is 2.61. The van der Waals surface area contributed by atoms with E-state index < -0.39 is 0 Å². The smallest absolute Gasteiger partial charge is 0.0517 e. The second-order valence-corrected chi connectivity index (χ2v) is 3.72. The van der Waals surface area contributed by atoms with E-state index >= 15 is 0 Å². The van der Waals surface area contributed by atoms with Gasteiger partial charge in [-0.05, 0) is 8.07 Å². The van der Waals surface area contributed by atoms with Crippen LogP contribution in [0.2, 0.25) is 0 Å². The minimum Gasteiger partial charge on any atom is -0.381 e. The molecule has 1 aliphatic heterocycles. The predicted molar refractivity (Wildman–Crippen MR) is 31.7 cm³/mol. The molecular weight excluding hydrogens is 109 g/mol. The van der Waals surface area contributed by atoms with E-state index in [1.165, 1.54) is 0 Å². The first kappa shape index (κ1) is 5.49. The average molecular weight is 119 g/mol. The third-order valence-corrected chi connectivity index (χ3v) is 2.56. The van der Waals surface area contributed by atoms with Gasteiger partial charge in [-0.25, -0.2) is 0 Å². The van der Waals surface area contributed by atoms with E-state index in [4.69, 9.17) is 10.2 Å². The van der Waals surface area contributed by atoms with Crippen LogP contribution in [0.3, 0.4) is 0 Å². The monoisotopic (exact) mass is 119 g/mol. The summed E-state index contributed by atoms with van der Waals surface area (Å²) in [6, 6.07) is 0. The summed E-state index contributed by atoms with van der Waals surface area (Å²) >= 11 is 0. The van der Waals surface area contributed by atoms with Crippen molar-refractivity contribution in [2.24, 2.45) is 5.50 Å². The van der Waals surface area contributed by atoms with Crippen molar-refractivity contribution < 1.29 is 4.74 Å². The van der Waals surface area contributed by atoms with Gasteiger partial charge in [-0.2, -0.15) is 0 Å². The number of rotatable bonds is 0. The molecule has 3 heteroatoms. The SMILES string of the molecule is NP1CCOCC1. The normalized spacial score (nSPS) is 25.3. The highest BCUT2D eigenvalue weighted by molar-refractivity contribution is 7.55. The van der Waals surface area contributed by atoms with Gasteiger partial charge in [0.25, 0.3) is 0 Å². The summed E-state index contributed by atoms with van der Waals surface area (Å²) in [5.41, 5.74) is 5.62. The third kappa shape index (κ3) is 1.72. The molecular formula is C4H10NOP. The number of nitrogens with two attached hydrogens (primary N) is 1. The number of ether oxygens (including phenoxy) is 1. The Morgan fingerprint density at radius 3 is 2.14 bits per heavy atom. The van der Waals surface area contributed by atoms with Crippen molar-refractivity contribution in [2.45, 2.75) is 0 Å². The molecule has 1 heterocycles. The van der Waals surface area contributed by atoms with Crippen LogP contribution in [-0.4, -0.2) is 25.5 Å². The fourth-order valence-electron chi connectivity index (χ4n) is 0.577. The molecule has 0 bridgehead atoms. The lowest BCUT2D eigenvalue weighted by Crippen LogP contribution is -2.15. The summed E-state index contributed by atoms with van der Waals surface area (Å²) in [7, 11) is -0.117. The molecule has 1 saturated heterocycles. The summed E-state index contributed by atoms with van der Waals surface area (Å²) in [5.74, 6) is 0. The summed E-state index contributed by atoms with van der Waals surface area (Å²) in [5, 5.41) is 0. The van der Waals surface area contributed by atoms with Crippen LogP contribution in [-0.2, 0) is 4.74 Å². The summed E-state index contributed by atoms with van der Waals surface area (Å²) in [6.45, 7) is 1.78. The molecule has 2 nitrogen and oxygen atoms in total. The van der Waals surface area contributed by atoms with Gasteiger partial charge >= 0.3 is 0 Å². The molecule has 0 aromatic heterocycles. The zero-order chi connectivity index (χ0) is 5.11. The first-order chi connectivity index (χ1) is 3.39. The maximum Gasteiger partial charge on any atom is 0.0517 e. The van der Waals surface area contributed by atoms with Crippen LogP contribution in [0.25, 0.3) is 0 Å².